The zero-order valence-electron chi connectivity index (χ0n) is 9.18. The van der Waals surface area contributed by atoms with E-state index in [0.717, 1.165) is 10.0 Å². The van der Waals surface area contributed by atoms with Crippen LogP contribution in [0.4, 0.5) is 14.5 Å². The average molecular weight is 377 g/mol. The number of halogens is 4. The highest BCUT2D eigenvalue weighted by molar-refractivity contribution is 9.10. The minimum Gasteiger partial charge on any atom is -0.379 e. The van der Waals surface area contributed by atoms with Gasteiger partial charge in [-0.1, -0.05) is 31.9 Å². The molecule has 0 aliphatic rings. The predicted molar refractivity (Wildman–Crippen MR) is 75.5 cm³/mol. The lowest BCUT2D eigenvalue weighted by atomic mass is 10.2. The Morgan fingerprint density at radius 1 is 0.944 bits per heavy atom. The van der Waals surface area contributed by atoms with E-state index in [-0.39, 0.29) is 11.6 Å². The van der Waals surface area contributed by atoms with E-state index >= 15 is 0 Å². The third kappa shape index (κ3) is 3.53. The van der Waals surface area contributed by atoms with E-state index in [1.807, 2.05) is 0 Å². The molecule has 0 saturated heterocycles. The summed E-state index contributed by atoms with van der Waals surface area (Å²) < 4.78 is 28.1. The summed E-state index contributed by atoms with van der Waals surface area (Å²) in [7, 11) is 0. The first-order valence-corrected chi connectivity index (χ1v) is 6.77. The highest BCUT2D eigenvalue weighted by Crippen LogP contribution is 2.21. The van der Waals surface area contributed by atoms with Gasteiger partial charge in [0.25, 0.3) is 0 Å². The van der Waals surface area contributed by atoms with Crippen LogP contribution in [-0.4, -0.2) is 0 Å². The van der Waals surface area contributed by atoms with Crippen LogP contribution in [0, 0.1) is 11.6 Å². The summed E-state index contributed by atoms with van der Waals surface area (Å²) in [6.07, 6.45) is 0. The normalized spacial score (nSPS) is 10.4. The van der Waals surface area contributed by atoms with Crippen molar-refractivity contribution in [3.63, 3.8) is 0 Å². The van der Waals surface area contributed by atoms with Gasteiger partial charge in [-0.25, -0.2) is 8.78 Å². The summed E-state index contributed by atoms with van der Waals surface area (Å²) >= 11 is 6.49. The Balaban J connectivity index is 2.13. The summed E-state index contributed by atoms with van der Waals surface area (Å²) in [5.74, 6) is -0.662. The molecule has 2 aromatic rings. The molecule has 0 saturated carbocycles. The number of hydrogen-bond donors (Lipinski definition) is 1. The van der Waals surface area contributed by atoms with Gasteiger partial charge in [-0.15, -0.1) is 0 Å². The molecule has 2 aromatic carbocycles. The van der Waals surface area contributed by atoms with Gasteiger partial charge in [0.1, 0.15) is 11.6 Å². The zero-order valence-corrected chi connectivity index (χ0v) is 12.4. The van der Waals surface area contributed by atoms with Gasteiger partial charge < -0.3 is 5.32 Å². The summed E-state index contributed by atoms with van der Waals surface area (Å²) in [4.78, 5) is 0. The fourth-order valence-corrected chi connectivity index (χ4v) is 2.42. The summed E-state index contributed by atoms with van der Waals surface area (Å²) in [6, 6.07) is 9.21. The van der Waals surface area contributed by atoms with Crippen molar-refractivity contribution in [2.75, 3.05) is 5.32 Å². The molecule has 0 amide bonds. The van der Waals surface area contributed by atoms with Crippen molar-refractivity contribution in [2.24, 2.45) is 0 Å². The Bertz CT molecular complexity index is 553. The third-order valence-electron chi connectivity index (χ3n) is 2.33. The van der Waals surface area contributed by atoms with Gasteiger partial charge in [0.05, 0.1) is 5.69 Å². The summed E-state index contributed by atoms with van der Waals surface area (Å²) in [5.41, 5.74) is 1.12. The first-order valence-electron chi connectivity index (χ1n) is 5.18. The maximum absolute atomic E-state index is 13.5. The van der Waals surface area contributed by atoms with E-state index in [1.165, 1.54) is 18.2 Å². The molecule has 0 fully saturated rings. The topological polar surface area (TPSA) is 12.0 Å². The van der Waals surface area contributed by atoms with Gasteiger partial charge in [0, 0.05) is 15.5 Å². The molecule has 0 heterocycles. The minimum atomic E-state index is -0.339. The molecule has 2 rings (SSSR count). The largest absolute Gasteiger partial charge is 0.379 e. The molecule has 0 bridgehead atoms. The van der Waals surface area contributed by atoms with Crippen molar-refractivity contribution in [3.8, 4) is 0 Å². The molecule has 0 radical (unpaired) electrons. The Morgan fingerprint density at radius 2 is 1.72 bits per heavy atom. The van der Waals surface area contributed by atoms with Crippen molar-refractivity contribution < 1.29 is 8.78 Å². The van der Waals surface area contributed by atoms with Gasteiger partial charge in [-0.2, -0.15) is 0 Å². The van der Waals surface area contributed by atoms with Crippen molar-refractivity contribution in [2.45, 2.75) is 6.54 Å². The molecule has 94 valence electrons. The van der Waals surface area contributed by atoms with E-state index in [1.54, 1.807) is 18.2 Å². The molecule has 0 aliphatic carbocycles. The standard InChI is InChI=1S/C13H9Br2F2N/c14-9-1-2-12(17)13(6-9)18-7-8-3-10(15)5-11(16)4-8/h1-6,18H,7H2. The Labute approximate surface area is 120 Å². The maximum Gasteiger partial charge on any atom is 0.146 e. The lowest BCUT2D eigenvalue weighted by Crippen LogP contribution is -2.02. The first kappa shape index (κ1) is 13.5. The molecule has 0 aromatic heterocycles. The van der Waals surface area contributed by atoms with Gasteiger partial charge in [0.2, 0.25) is 0 Å². The number of rotatable bonds is 3. The molecular formula is C13H9Br2F2N. The Hall–Kier alpha value is -0.940. The van der Waals surface area contributed by atoms with E-state index in [4.69, 9.17) is 0 Å². The maximum atomic E-state index is 13.5. The molecular weight excluding hydrogens is 368 g/mol. The van der Waals surface area contributed by atoms with Crippen LogP contribution in [0.25, 0.3) is 0 Å². The van der Waals surface area contributed by atoms with Crippen LogP contribution in [0.5, 0.6) is 0 Å². The Morgan fingerprint density at radius 3 is 2.44 bits per heavy atom. The second-order valence-electron chi connectivity index (χ2n) is 3.76. The number of nitrogens with one attached hydrogen (secondary N) is 1. The van der Waals surface area contributed by atoms with Gasteiger partial charge >= 0.3 is 0 Å². The van der Waals surface area contributed by atoms with E-state index in [9.17, 15) is 8.78 Å². The average Bonchev–Trinajstić information content (AvgIpc) is 2.29. The van der Waals surface area contributed by atoms with Crippen LogP contribution in [0.1, 0.15) is 5.56 Å². The van der Waals surface area contributed by atoms with E-state index < -0.39 is 0 Å². The number of benzene rings is 2. The third-order valence-corrected chi connectivity index (χ3v) is 3.28. The summed E-state index contributed by atoms with van der Waals surface area (Å²) in [6.45, 7) is 0.351. The molecule has 5 heteroatoms. The second-order valence-corrected chi connectivity index (χ2v) is 5.59. The molecule has 0 unspecified atom stereocenters. The van der Waals surface area contributed by atoms with Crippen molar-refractivity contribution in [1.82, 2.24) is 0 Å². The lowest BCUT2D eigenvalue weighted by molar-refractivity contribution is 0.624. The van der Waals surface area contributed by atoms with Gasteiger partial charge in [-0.05, 0) is 42.0 Å². The Kier molecular flexibility index (Phi) is 4.35. The quantitative estimate of drug-likeness (QED) is 0.785. The van der Waals surface area contributed by atoms with E-state index in [2.05, 4.69) is 37.2 Å². The predicted octanol–water partition coefficient (Wildman–Crippen LogP) is 5.10. The van der Waals surface area contributed by atoms with Crippen molar-refractivity contribution in [3.05, 3.63) is 62.5 Å². The fourth-order valence-electron chi connectivity index (χ4n) is 1.54. The van der Waals surface area contributed by atoms with Crippen LogP contribution < -0.4 is 5.32 Å². The van der Waals surface area contributed by atoms with Gasteiger partial charge in [0.15, 0.2) is 0 Å². The fraction of sp³-hybridized carbons (Fsp3) is 0.0769. The molecule has 18 heavy (non-hydrogen) atoms. The SMILES string of the molecule is Fc1cc(Br)cc(CNc2cc(Br)ccc2F)c1. The highest BCUT2D eigenvalue weighted by Gasteiger charge is 2.04. The van der Waals surface area contributed by atoms with Crippen LogP contribution >= 0.6 is 31.9 Å². The number of anilines is 1. The summed E-state index contributed by atoms with van der Waals surface area (Å²) in [5, 5.41) is 2.93. The van der Waals surface area contributed by atoms with Crippen LogP contribution in [0.15, 0.2) is 45.3 Å². The zero-order chi connectivity index (χ0) is 13.1. The van der Waals surface area contributed by atoms with Crippen molar-refractivity contribution in [1.29, 1.82) is 0 Å². The second kappa shape index (κ2) is 5.80. The molecule has 0 atom stereocenters. The number of hydrogen-bond acceptors (Lipinski definition) is 1. The molecule has 0 aliphatic heterocycles. The minimum absolute atomic E-state index is 0.323. The monoisotopic (exact) mass is 375 g/mol. The van der Waals surface area contributed by atoms with Crippen LogP contribution in [0.3, 0.4) is 0 Å². The molecule has 0 spiro atoms. The molecule has 1 N–H and O–H groups in total. The highest BCUT2D eigenvalue weighted by atomic mass is 79.9. The lowest BCUT2D eigenvalue weighted by Gasteiger charge is -2.08. The first-order chi connectivity index (χ1) is 8.54. The van der Waals surface area contributed by atoms with Gasteiger partial charge in [-0.3, -0.25) is 0 Å². The van der Waals surface area contributed by atoms with Crippen LogP contribution in [-0.2, 0) is 6.54 Å². The van der Waals surface area contributed by atoms with Crippen LogP contribution in [0.2, 0.25) is 0 Å². The van der Waals surface area contributed by atoms with E-state index in [0.29, 0.717) is 16.7 Å². The smallest absolute Gasteiger partial charge is 0.146 e. The van der Waals surface area contributed by atoms with Crippen molar-refractivity contribution >= 4 is 37.5 Å². The molecule has 1 nitrogen and oxygen atoms in total.